The third-order valence-corrected chi connectivity index (χ3v) is 4.15. The number of hydrogen-bond acceptors (Lipinski definition) is 3. The number of amides is 2. The van der Waals surface area contributed by atoms with Gasteiger partial charge in [0.15, 0.2) is 0 Å². The molecule has 1 fully saturated rings. The van der Waals surface area contributed by atoms with Crippen LogP contribution in [0.25, 0.3) is 0 Å². The lowest BCUT2D eigenvalue weighted by Gasteiger charge is -2.12. The van der Waals surface area contributed by atoms with Crippen molar-refractivity contribution in [3.63, 3.8) is 0 Å². The fourth-order valence-electron chi connectivity index (χ4n) is 2.77. The molecule has 0 saturated heterocycles. The van der Waals surface area contributed by atoms with E-state index >= 15 is 0 Å². The number of aryl methyl sites for hydroxylation is 2. The van der Waals surface area contributed by atoms with E-state index in [9.17, 15) is 9.59 Å². The van der Waals surface area contributed by atoms with E-state index in [1.165, 1.54) is 0 Å². The van der Waals surface area contributed by atoms with Gasteiger partial charge in [0.2, 0.25) is 5.91 Å². The largest absolute Gasteiger partial charge is 0.493 e. The Bertz CT molecular complexity index is 792. The van der Waals surface area contributed by atoms with E-state index in [0.29, 0.717) is 11.3 Å². The Morgan fingerprint density at radius 1 is 1.08 bits per heavy atom. The van der Waals surface area contributed by atoms with Crippen LogP contribution in [0.15, 0.2) is 42.5 Å². The average Bonchev–Trinajstić information content (AvgIpc) is 3.38. The molecule has 0 spiro atoms. The first-order chi connectivity index (χ1) is 12.5. The van der Waals surface area contributed by atoms with Gasteiger partial charge in [-0.2, -0.15) is 0 Å². The highest BCUT2D eigenvalue weighted by atomic mass is 16.5. The topological polar surface area (TPSA) is 67.4 Å². The van der Waals surface area contributed by atoms with Crippen LogP contribution < -0.4 is 15.4 Å². The predicted molar refractivity (Wildman–Crippen MR) is 102 cm³/mol. The molecule has 0 aromatic heterocycles. The Labute approximate surface area is 153 Å². The minimum absolute atomic E-state index is 0.144. The molecule has 5 heteroatoms. The number of carbonyl (C=O) groups is 2. The summed E-state index contributed by atoms with van der Waals surface area (Å²) in [4.78, 5) is 24.5. The number of carbonyl (C=O) groups excluding carboxylic acids is 2. The van der Waals surface area contributed by atoms with Crippen molar-refractivity contribution < 1.29 is 14.3 Å². The molecule has 1 aliphatic rings. The molecule has 2 aromatic carbocycles. The van der Waals surface area contributed by atoms with Gasteiger partial charge in [0.05, 0.1) is 24.3 Å². The third-order valence-electron chi connectivity index (χ3n) is 4.15. The lowest BCUT2D eigenvalue weighted by atomic mass is 10.1. The van der Waals surface area contributed by atoms with Crippen LogP contribution in [0.4, 0.5) is 5.69 Å². The maximum atomic E-state index is 12.3. The molecule has 0 heterocycles. The predicted octanol–water partition coefficient (Wildman–Crippen LogP) is 3.60. The van der Waals surface area contributed by atoms with Gasteiger partial charge in [-0.3, -0.25) is 9.59 Å². The summed E-state index contributed by atoms with van der Waals surface area (Å²) in [6, 6.07) is 13.3. The zero-order valence-electron chi connectivity index (χ0n) is 15.2. The highest BCUT2D eigenvalue weighted by molar-refractivity contribution is 6.03. The molecule has 26 heavy (non-hydrogen) atoms. The van der Waals surface area contributed by atoms with Gasteiger partial charge in [0.1, 0.15) is 5.75 Å². The number of hydrogen-bond donors (Lipinski definition) is 2. The number of ether oxygens (including phenoxy) is 1. The summed E-state index contributed by atoms with van der Waals surface area (Å²) in [5.41, 5.74) is 3.27. The van der Waals surface area contributed by atoms with Gasteiger partial charge in [-0.05, 0) is 62.1 Å². The van der Waals surface area contributed by atoms with Crippen LogP contribution in [0, 0.1) is 13.8 Å². The van der Waals surface area contributed by atoms with Crippen LogP contribution in [0.5, 0.6) is 5.75 Å². The zero-order chi connectivity index (χ0) is 18.5. The minimum Gasteiger partial charge on any atom is -0.493 e. The first-order valence-corrected chi connectivity index (χ1v) is 8.92. The fraction of sp³-hybridized carbons (Fsp3) is 0.333. The first kappa shape index (κ1) is 18.0. The summed E-state index contributed by atoms with van der Waals surface area (Å²) in [5.74, 6) is 0.440. The molecule has 1 saturated carbocycles. The van der Waals surface area contributed by atoms with Crippen molar-refractivity contribution in [2.45, 2.75) is 39.2 Å². The number of benzene rings is 2. The molecule has 0 aliphatic heterocycles. The van der Waals surface area contributed by atoms with Crippen LogP contribution in [0.3, 0.4) is 0 Å². The standard InChI is InChI=1S/C21H24N2O3/c1-14-11-15(2)13-17(12-14)26-10-9-20(24)23-19-6-4-3-5-18(19)21(25)22-16-7-8-16/h3-6,11-13,16H,7-10H2,1-2H3,(H,22,25)(H,23,24). The van der Waals surface area contributed by atoms with Crippen molar-refractivity contribution in [2.24, 2.45) is 0 Å². The van der Waals surface area contributed by atoms with Crippen molar-refractivity contribution in [1.29, 1.82) is 0 Å². The van der Waals surface area contributed by atoms with Gasteiger partial charge in [0, 0.05) is 6.04 Å². The Hall–Kier alpha value is -2.82. The molecule has 0 atom stereocenters. The highest BCUT2D eigenvalue weighted by Crippen LogP contribution is 2.22. The van der Waals surface area contributed by atoms with Gasteiger partial charge in [0.25, 0.3) is 5.91 Å². The van der Waals surface area contributed by atoms with E-state index in [4.69, 9.17) is 4.74 Å². The smallest absolute Gasteiger partial charge is 0.253 e. The molecular formula is C21H24N2O3. The van der Waals surface area contributed by atoms with Crippen molar-refractivity contribution in [1.82, 2.24) is 5.32 Å². The molecule has 0 unspecified atom stereocenters. The summed E-state index contributed by atoms with van der Waals surface area (Å²) in [6.07, 6.45) is 2.26. The van der Waals surface area contributed by atoms with Gasteiger partial charge in [-0.1, -0.05) is 18.2 Å². The van der Waals surface area contributed by atoms with E-state index < -0.39 is 0 Å². The molecule has 3 rings (SSSR count). The molecular weight excluding hydrogens is 328 g/mol. The van der Waals surface area contributed by atoms with Gasteiger partial charge < -0.3 is 15.4 Å². The Morgan fingerprint density at radius 3 is 2.46 bits per heavy atom. The number of nitrogens with one attached hydrogen (secondary N) is 2. The molecule has 136 valence electrons. The second kappa shape index (κ2) is 8.04. The normalized spacial score (nSPS) is 13.2. The minimum atomic E-state index is -0.180. The number of anilines is 1. The van der Waals surface area contributed by atoms with Crippen molar-refractivity contribution in [3.8, 4) is 5.75 Å². The highest BCUT2D eigenvalue weighted by Gasteiger charge is 2.24. The second-order valence-electron chi connectivity index (χ2n) is 6.76. The van der Waals surface area contributed by atoms with Crippen molar-refractivity contribution in [3.05, 3.63) is 59.2 Å². The van der Waals surface area contributed by atoms with Crippen LogP contribution in [-0.2, 0) is 4.79 Å². The molecule has 2 aromatic rings. The average molecular weight is 352 g/mol. The summed E-state index contributed by atoms with van der Waals surface area (Å²) in [5, 5.41) is 5.76. The Balaban J connectivity index is 1.54. The van der Waals surface area contributed by atoms with Gasteiger partial charge in [-0.15, -0.1) is 0 Å². The fourth-order valence-corrected chi connectivity index (χ4v) is 2.77. The van der Waals surface area contributed by atoms with E-state index in [0.717, 1.165) is 29.7 Å². The maximum Gasteiger partial charge on any atom is 0.253 e. The van der Waals surface area contributed by atoms with Crippen LogP contribution in [0.2, 0.25) is 0 Å². The van der Waals surface area contributed by atoms with Crippen LogP contribution in [-0.4, -0.2) is 24.5 Å². The summed E-state index contributed by atoms with van der Waals surface area (Å²) in [6.45, 7) is 4.30. The molecule has 1 aliphatic carbocycles. The van der Waals surface area contributed by atoms with Gasteiger partial charge in [-0.25, -0.2) is 0 Å². The molecule has 0 bridgehead atoms. The summed E-state index contributed by atoms with van der Waals surface area (Å²) in [7, 11) is 0. The van der Waals surface area contributed by atoms with Crippen molar-refractivity contribution in [2.75, 3.05) is 11.9 Å². The lowest BCUT2D eigenvalue weighted by molar-refractivity contribution is -0.116. The molecule has 5 nitrogen and oxygen atoms in total. The quantitative estimate of drug-likeness (QED) is 0.800. The zero-order valence-corrected chi connectivity index (χ0v) is 15.2. The Morgan fingerprint density at radius 2 is 1.77 bits per heavy atom. The first-order valence-electron chi connectivity index (χ1n) is 8.92. The monoisotopic (exact) mass is 352 g/mol. The summed E-state index contributed by atoms with van der Waals surface area (Å²) < 4.78 is 5.67. The van der Waals surface area contributed by atoms with E-state index in [1.807, 2.05) is 26.0 Å². The molecule has 0 radical (unpaired) electrons. The SMILES string of the molecule is Cc1cc(C)cc(OCCC(=O)Nc2ccccc2C(=O)NC2CC2)c1. The second-order valence-corrected chi connectivity index (χ2v) is 6.76. The Kier molecular flexibility index (Phi) is 5.56. The van der Waals surface area contributed by atoms with Crippen molar-refractivity contribution >= 4 is 17.5 Å². The molecule has 2 amide bonds. The van der Waals surface area contributed by atoms with E-state index in [2.05, 4.69) is 16.7 Å². The number of rotatable bonds is 7. The van der Waals surface area contributed by atoms with Crippen LogP contribution in [0.1, 0.15) is 40.7 Å². The maximum absolute atomic E-state index is 12.3. The van der Waals surface area contributed by atoms with Gasteiger partial charge >= 0.3 is 0 Å². The summed E-state index contributed by atoms with van der Waals surface area (Å²) >= 11 is 0. The van der Waals surface area contributed by atoms with E-state index in [1.54, 1.807) is 24.3 Å². The number of para-hydroxylation sites is 1. The van der Waals surface area contributed by atoms with Crippen LogP contribution >= 0.6 is 0 Å². The van der Waals surface area contributed by atoms with E-state index in [-0.39, 0.29) is 30.9 Å². The molecule has 2 N–H and O–H groups in total. The lowest BCUT2D eigenvalue weighted by Crippen LogP contribution is -2.27. The third kappa shape index (κ3) is 5.09.